The molecule has 0 bridgehead atoms. The molecule has 248 valence electrons. The van der Waals surface area contributed by atoms with Crippen LogP contribution in [-0.2, 0) is 17.1 Å². The average Bonchev–Trinajstić information content (AvgIpc) is 3.77. The van der Waals surface area contributed by atoms with Gasteiger partial charge in [0.1, 0.15) is 0 Å². The van der Waals surface area contributed by atoms with Crippen molar-refractivity contribution in [3.05, 3.63) is 197 Å². The minimum absolute atomic E-state index is 0. The second-order valence-electron chi connectivity index (χ2n) is 11.8. The standard InChI is InChI=1S/C35H25.C10H11N2.2CH3.Fe/c1-6-16-26(17-7-1)31-32(27-18-8-2-9-19-27)34(29-22-12-4-13-23-29)35(30-24-14-5-15-25-30)33(31)28-20-10-3-11-21-28;1-12(2)10-6-7-11-9-5-3-4-8(9)10;;;/h1-25H;3-7H,1-2H3;2*1H3;/q4*-1;+4. The van der Waals surface area contributed by atoms with Gasteiger partial charge in [-0.05, 0) is 30.9 Å². The van der Waals surface area contributed by atoms with Gasteiger partial charge in [0.05, 0.1) is 0 Å². The van der Waals surface area contributed by atoms with Gasteiger partial charge in [-0.2, -0.15) is 12.1 Å². The summed E-state index contributed by atoms with van der Waals surface area (Å²) >= 11 is 0. The molecule has 7 aromatic carbocycles. The molecule has 0 aliphatic heterocycles. The van der Waals surface area contributed by atoms with E-state index < -0.39 is 0 Å². The van der Waals surface area contributed by atoms with Crippen LogP contribution < -0.4 is 4.90 Å². The van der Waals surface area contributed by atoms with Crippen LogP contribution in [0.5, 0.6) is 0 Å². The van der Waals surface area contributed by atoms with Crippen LogP contribution in [0.1, 0.15) is 0 Å². The zero-order chi connectivity index (χ0) is 32.0. The summed E-state index contributed by atoms with van der Waals surface area (Å²) < 4.78 is 0. The van der Waals surface area contributed by atoms with Crippen molar-refractivity contribution in [3.63, 3.8) is 0 Å². The molecule has 3 heteroatoms. The Morgan fingerprint density at radius 3 is 1.32 bits per heavy atom. The molecule has 2 nitrogen and oxygen atoms in total. The summed E-state index contributed by atoms with van der Waals surface area (Å²) in [6.45, 7) is 0. The predicted octanol–water partition coefficient (Wildman–Crippen LogP) is 12.7. The number of benzene rings is 5. The predicted molar refractivity (Wildman–Crippen MR) is 214 cm³/mol. The molecule has 1 heterocycles. The van der Waals surface area contributed by atoms with E-state index in [1.807, 2.05) is 38.5 Å². The Morgan fingerprint density at radius 1 is 0.500 bits per heavy atom. The first-order chi connectivity index (χ1) is 23.2. The summed E-state index contributed by atoms with van der Waals surface area (Å²) in [4.78, 5) is 6.36. The normalized spacial score (nSPS) is 10.1. The van der Waals surface area contributed by atoms with Crippen molar-refractivity contribution in [2.24, 2.45) is 0 Å². The van der Waals surface area contributed by atoms with Gasteiger partial charge < -0.3 is 24.7 Å². The molecule has 0 aliphatic carbocycles. The molecule has 0 radical (unpaired) electrons. The molecular weight excluding hydrogens is 648 g/mol. The molecule has 0 saturated carbocycles. The van der Waals surface area contributed by atoms with Gasteiger partial charge in [0.25, 0.3) is 0 Å². The average molecular weight is 691 g/mol. The van der Waals surface area contributed by atoms with Crippen LogP contribution in [0.15, 0.2) is 182 Å². The van der Waals surface area contributed by atoms with E-state index in [9.17, 15) is 0 Å². The van der Waals surface area contributed by atoms with Crippen LogP contribution in [0.2, 0.25) is 0 Å². The molecule has 50 heavy (non-hydrogen) atoms. The second-order valence-corrected chi connectivity index (χ2v) is 11.8. The molecule has 0 atom stereocenters. The maximum Gasteiger partial charge on any atom is 4.00 e. The van der Waals surface area contributed by atoms with Gasteiger partial charge in [-0.15, -0.1) is 11.5 Å². The van der Waals surface area contributed by atoms with E-state index in [4.69, 9.17) is 0 Å². The Kier molecular flexibility index (Phi) is 12.9. The van der Waals surface area contributed by atoms with Gasteiger partial charge in [-0.25, -0.2) is 0 Å². The molecule has 0 N–H and O–H groups in total. The van der Waals surface area contributed by atoms with Gasteiger partial charge in [0.2, 0.25) is 0 Å². The van der Waals surface area contributed by atoms with Crippen LogP contribution in [0.4, 0.5) is 5.69 Å². The van der Waals surface area contributed by atoms with Crippen LogP contribution >= 0.6 is 0 Å². The first kappa shape index (κ1) is 37.3. The first-order valence-electron chi connectivity index (χ1n) is 16.0. The van der Waals surface area contributed by atoms with Crippen molar-refractivity contribution in [3.8, 4) is 55.6 Å². The van der Waals surface area contributed by atoms with E-state index in [0.717, 1.165) is 5.52 Å². The van der Waals surface area contributed by atoms with Gasteiger partial charge >= 0.3 is 17.1 Å². The van der Waals surface area contributed by atoms with Crippen molar-refractivity contribution in [2.75, 3.05) is 19.0 Å². The summed E-state index contributed by atoms with van der Waals surface area (Å²) in [6, 6.07) is 62.3. The van der Waals surface area contributed by atoms with Crippen LogP contribution in [0.25, 0.3) is 66.5 Å². The largest absolute Gasteiger partial charge is 4.00 e. The topological polar surface area (TPSA) is 16.1 Å². The molecular formula is C47H42FeN2. The summed E-state index contributed by atoms with van der Waals surface area (Å²) in [5, 5.41) is 1.22. The number of rotatable bonds is 6. The molecule has 0 amide bonds. The Labute approximate surface area is 308 Å². The molecule has 0 spiro atoms. The maximum atomic E-state index is 4.26. The third-order valence-electron chi connectivity index (χ3n) is 8.56. The van der Waals surface area contributed by atoms with Crippen molar-refractivity contribution < 1.29 is 17.1 Å². The number of anilines is 1. The van der Waals surface area contributed by atoms with Crippen LogP contribution in [0, 0.1) is 14.9 Å². The Balaban J connectivity index is 0.000000319. The Hall–Kier alpha value is -5.47. The van der Waals surface area contributed by atoms with E-state index in [2.05, 4.69) is 168 Å². The fourth-order valence-electron chi connectivity index (χ4n) is 6.50. The summed E-state index contributed by atoms with van der Waals surface area (Å²) in [5.41, 5.74) is 14.8. The third-order valence-corrected chi connectivity index (χ3v) is 8.56. The first-order valence-corrected chi connectivity index (χ1v) is 16.0. The van der Waals surface area contributed by atoms with Crippen molar-refractivity contribution in [1.29, 1.82) is 0 Å². The molecule has 8 rings (SSSR count). The quantitative estimate of drug-likeness (QED) is 0.128. The van der Waals surface area contributed by atoms with Gasteiger partial charge in [0, 0.05) is 6.20 Å². The van der Waals surface area contributed by atoms with Crippen molar-refractivity contribution in [2.45, 2.75) is 0 Å². The summed E-state index contributed by atoms with van der Waals surface area (Å²) in [7, 11) is 4.09. The molecule has 0 unspecified atom stereocenters. The molecule has 1 aromatic heterocycles. The fourth-order valence-corrected chi connectivity index (χ4v) is 6.50. The second kappa shape index (κ2) is 17.3. The number of aromatic nitrogens is 1. The van der Waals surface area contributed by atoms with Crippen LogP contribution in [-0.4, -0.2) is 19.1 Å². The third kappa shape index (κ3) is 7.56. The smallest absolute Gasteiger partial charge is 0.415 e. The zero-order valence-corrected chi connectivity index (χ0v) is 30.2. The summed E-state index contributed by atoms with van der Waals surface area (Å²) in [5.74, 6) is 0. The monoisotopic (exact) mass is 690 g/mol. The Morgan fingerprint density at radius 2 is 0.900 bits per heavy atom. The fraction of sp³-hybridized carbons (Fsp3) is 0.0426. The minimum atomic E-state index is 0. The van der Waals surface area contributed by atoms with Gasteiger partial charge in [0.15, 0.2) is 0 Å². The maximum absolute atomic E-state index is 4.26. The Bertz CT molecular complexity index is 1880. The van der Waals surface area contributed by atoms with Gasteiger partial charge in [-0.1, -0.05) is 208 Å². The van der Waals surface area contributed by atoms with E-state index in [1.54, 1.807) is 0 Å². The van der Waals surface area contributed by atoms with E-state index in [0.29, 0.717) is 0 Å². The van der Waals surface area contributed by atoms with Crippen molar-refractivity contribution >= 4 is 16.6 Å². The number of hydrogen-bond donors (Lipinski definition) is 0. The molecule has 8 aromatic rings. The number of pyridine rings is 1. The van der Waals surface area contributed by atoms with E-state index >= 15 is 0 Å². The SMILES string of the molecule is CN(C)c1ccnc2cc[cH-]c12.[CH3-].[CH3-].[Fe+4].c1ccc(-c2c(-c3ccccc3)c(-c3ccccc3)[c-](-c3ccccc3)c2-c2ccccc2)cc1. The van der Waals surface area contributed by atoms with Crippen LogP contribution in [0.3, 0.4) is 0 Å². The van der Waals surface area contributed by atoms with E-state index in [-0.39, 0.29) is 31.9 Å². The molecule has 0 aliphatic rings. The number of hydrogen-bond acceptors (Lipinski definition) is 2. The molecule has 0 fully saturated rings. The number of fused-ring (bicyclic) bond motifs is 1. The van der Waals surface area contributed by atoms with E-state index in [1.165, 1.54) is 66.7 Å². The molecule has 0 saturated heterocycles. The van der Waals surface area contributed by atoms with Crippen molar-refractivity contribution in [1.82, 2.24) is 4.98 Å². The number of nitrogens with zero attached hydrogens (tertiary/aromatic N) is 2. The van der Waals surface area contributed by atoms with Gasteiger partial charge in [-0.3, -0.25) is 0 Å². The summed E-state index contributed by atoms with van der Waals surface area (Å²) in [6.07, 6.45) is 1.84. The minimum Gasteiger partial charge on any atom is -0.415 e. The zero-order valence-electron chi connectivity index (χ0n) is 29.1.